The molecule has 0 amide bonds. The molecule has 8 heteroatoms. The zero-order valence-corrected chi connectivity index (χ0v) is 12.7. The number of hydrogen-bond donors (Lipinski definition) is 1. The van der Waals surface area contributed by atoms with Gasteiger partial charge in [-0.15, -0.1) is 10.2 Å². The molecule has 1 saturated carbocycles. The number of nitrogens with one attached hydrogen (secondary N) is 1. The Hall–Kier alpha value is -1.89. The van der Waals surface area contributed by atoms with Gasteiger partial charge >= 0.3 is 0 Å². The van der Waals surface area contributed by atoms with Gasteiger partial charge in [-0.2, -0.15) is 5.10 Å². The van der Waals surface area contributed by atoms with E-state index >= 15 is 0 Å². The van der Waals surface area contributed by atoms with E-state index in [0.29, 0.717) is 23.2 Å². The van der Waals surface area contributed by atoms with Crippen molar-refractivity contribution in [2.24, 2.45) is 13.0 Å². The lowest BCUT2D eigenvalue weighted by molar-refractivity contribution is 0.533. The van der Waals surface area contributed by atoms with Crippen LogP contribution in [0, 0.1) is 5.92 Å². The molecule has 2 heterocycles. The van der Waals surface area contributed by atoms with Gasteiger partial charge in [0.1, 0.15) is 12.0 Å². The molecule has 112 valence electrons. The van der Waals surface area contributed by atoms with Crippen LogP contribution in [0.4, 0.5) is 5.69 Å². The van der Waals surface area contributed by atoms with E-state index < -0.39 is 0 Å². The van der Waals surface area contributed by atoms with E-state index in [4.69, 9.17) is 11.6 Å². The standard InChI is InChI=1S/C13H17ClN6O/c1-8(12-18-15-7-19(12)2)17-11-10(14)5-16-20(13(11)21)6-9-3-4-9/h5,7-9,17H,3-4,6H2,1-2H3. The Kier molecular flexibility index (Phi) is 3.67. The monoisotopic (exact) mass is 308 g/mol. The van der Waals surface area contributed by atoms with Crippen molar-refractivity contribution in [1.82, 2.24) is 24.5 Å². The van der Waals surface area contributed by atoms with Crippen molar-refractivity contribution >= 4 is 17.3 Å². The highest BCUT2D eigenvalue weighted by Gasteiger charge is 2.24. The van der Waals surface area contributed by atoms with Crippen LogP contribution in [0.2, 0.25) is 5.02 Å². The maximum Gasteiger partial charge on any atom is 0.291 e. The summed E-state index contributed by atoms with van der Waals surface area (Å²) >= 11 is 6.12. The van der Waals surface area contributed by atoms with Gasteiger partial charge in [-0.1, -0.05) is 11.6 Å². The van der Waals surface area contributed by atoms with Crippen LogP contribution in [0.25, 0.3) is 0 Å². The van der Waals surface area contributed by atoms with Gasteiger partial charge in [0.05, 0.1) is 17.3 Å². The predicted octanol–water partition coefficient (Wildman–Crippen LogP) is 1.61. The number of rotatable bonds is 5. The number of nitrogens with zero attached hydrogens (tertiary/aromatic N) is 5. The summed E-state index contributed by atoms with van der Waals surface area (Å²) in [4.78, 5) is 12.5. The van der Waals surface area contributed by atoms with E-state index in [1.54, 1.807) is 10.9 Å². The lowest BCUT2D eigenvalue weighted by atomic mass is 10.3. The average Bonchev–Trinajstić information content (AvgIpc) is 3.17. The summed E-state index contributed by atoms with van der Waals surface area (Å²) in [5.41, 5.74) is 0.172. The zero-order chi connectivity index (χ0) is 15.0. The highest BCUT2D eigenvalue weighted by atomic mass is 35.5. The Morgan fingerprint density at radius 3 is 2.90 bits per heavy atom. The molecule has 21 heavy (non-hydrogen) atoms. The number of aryl methyl sites for hydroxylation is 1. The van der Waals surface area contributed by atoms with Gasteiger partial charge in [0.25, 0.3) is 5.56 Å². The molecule has 2 aromatic heterocycles. The number of halogens is 1. The summed E-state index contributed by atoms with van der Waals surface area (Å²) < 4.78 is 3.28. The van der Waals surface area contributed by atoms with Crippen molar-refractivity contribution in [3.05, 3.63) is 33.7 Å². The van der Waals surface area contributed by atoms with Crippen molar-refractivity contribution in [2.45, 2.75) is 32.4 Å². The molecular weight excluding hydrogens is 292 g/mol. The molecule has 0 aliphatic heterocycles. The highest BCUT2D eigenvalue weighted by Crippen LogP contribution is 2.30. The third-order valence-electron chi connectivity index (χ3n) is 3.62. The fourth-order valence-corrected chi connectivity index (χ4v) is 2.42. The van der Waals surface area contributed by atoms with Crippen LogP contribution in [0.5, 0.6) is 0 Å². The molecule has 7 nitrogen and oxygen atoms in total. The predicted molar refractivity (Wildman–Crippen MR) is 79.3 cm³/mol. The molecule has 1 unspecified atom stereocenters. The summed E-state index contributed by atoms with van der Waals surface area (Å²) in [5.74, 6) is 1.30. The Morgan fingerprint density at radius 2 is 2.29 bits per heavy atom. The van der Waals surface area contributed by atoms with E-state index in [9.17, 15) is 4.79 Å². The molecule has 0 aromatic carbocycles. The van der Waals surface area contributed by atoms with Crippen molar-refractivity contribution in [1.29, 1.82) is 0 Å². The van der Waals surface area contributed by atoms with Crippen molar-refractivity contribution in [2.75, 3.05) is 5.32 Å². The van der Waals surface area contributed by atoms with Crippen LogP contribution in [-0.2, 0) is 13.6 Å². The summed E-state index contributed by atoms with van der Waals surface area (Å²) in [7, 11) is 1.85. The first-order chi connectivity index (χ1) is 10.1. The fourth-order valence-electron chi connectivity index (χ4n) is 2.24. The van der Waals surface area contributed by atoms with Gasteiger partial charge in [0.15, 0.2) is 5.82 Å². The third-order valence-corrected chi connectivity index (χ3v) is 3.91. The number of aromatic nitrogens is 5. The normalized spacial score (nSPS) is 16.0. The molecule has 1 fully saturated rings. The first kappa shape index (κ1) is 14.1. The molecule has 0 radical (unpaired) electrons. The van der Waals surface area contributed by atoms with Gasteiger partial charge in [-0.25, -0.2) is 4.68 Å². The van der Waals surface area contributed by atoms with E-state index in [1.165, 1.54) is 10.9 Å². The molecule has 0 bridgehead atoms. The Morgan fingerprint density at radius 1 is 1.52 bits per heavy atom. The van der Waals surface area contributed by atoms with Crippen LogP contribution in [0.1, 0.15) is 31.6 Å². The van der Waals surface area contributed by atoms with Crippen LogP contribution >= 0.6 is 11.6 Å². The third kappa shape index (κ3) is 2.92. The second-order valence-corrected chi connectivity index (χ2v) is 5.87. The molecule has 1 N–H and O–H groups in total. The zero-order valence-electron chi connectivity index (χ0n) is 12.0. The van der Waals surface area contributed by atoms with E-state index in [1.807, 2.05) is 14.0 Å². The van der Waals surface area contributed by atoms with E-state index in [2.05, 4.69) is 20.6 Å². The van der Waals surface area contributed by atoms with Crippen molar-refractivity contribution in [3.63, 3.8) is 0 Å². The first-order valence-electron chi connectivity index (χ1n) is 6.92. The van der Waals surface area contributed by atoms with Crippen LogP contribution in [0.3, 0.4) is 0 Å². The maximum atomic E-state index is 12.5. The second kappa shape index (κ2) is 5.48. The molecule has 0 spiro atoms. The van der Waals surface area contributed by atoms with Gasteiger partial charge in [-0.3, -0.25) is 4.79 Å². The SMILES string of the molecule is CC(Nc1c(Cl)cnn(CC2CC2)c1=O)c1nncn1C. The Balaban J connectivity index is 1.87. The molecule has 1 aliphatic rings. The first-order valence-corrected chi connectivity index (χ1v) is 7.30. The molecule has 0 saturated heterocycles. The number of anilines is 1. The lowest BCUT2D eigenvalue weighted by Crippen LogP contribution is -2.28. The minimum absolute atomic E-state index is 0.181. The van der Waals surface area contributed by atoms with Gasteiger partial charge in [0.2, 0.25) is 0 Å². The van der Waals surface area contributed by atoms with Gasteiger partial charge < -0.3 is 9.88 Å². The summed E-state index contributed by atoms with van der Waals surface area (Å²) in [6.07, 6.45) is 5.45. The summed E-state index contributed by atoms with van der Waals surface area (Å²) in [6, 6.07) is -0.181. The van der Waals surface area contributed by atoms with Gasteiger partial charge in [-0.05, 0) is 25.7 Å². The summed E-state index contributed by atoms with van der Waals surface area (Å²) in [6.45, 7) is 2.56. The molecule has 1 atom stereocenters. The van der Waals surface area contributed by atoms with E-state index in [0.717, 1.165) is 18.7 Å². The average molecular weight is 309 g/mol. The van der Waals surface area contributed by atoms with E-state index in [-0.39, 0.29) is 11.6 Å². The minimum atomic E-state index is -0.191. The topological polar surface area (TPSA) is 77.6 Å². The van der Waals surface area contributed by atoms with Crippen LogP contribution in [0.15, 0.2) is 17.3 Å². The molecular formula is C13H17ClN6O. The molecule has 1 aliphatic carbocycles. The maximum absolute atomic E-state index is 12.5. The Bertz CT molecular complexity index is 705. The van der Waals surface area contributed by atoms with Crippen molar-refractivity contribution < 1.29 is 0 Å². The quantitative estimate of drug-likeness (QED) is 0.908. The van der Waals surface area contributed by atoms with Gasteiger partial charge in [0, 0.05) is 13.6 Å². The second-order valence-electron chi connectivity index (χ2n) is 5.46. The molecule has 3 rings (SSSR count). The smallest absolute Gasteiger partial charge is 0.291 e. The van der Waals surface area contributed by atoms with Crippen LogP contribution in [-0.4, -0.2) is 24.5 Å². The lowest BCUT2D eigenvalue weighted by Gasteiger charge is -2.15. The molecule has 2 aromatic rings. The Labute approximate surface area is 126 Å². The highest BCUT2D eigenvalue weighted by molar-refractivity contribution is 6.33. The fraction of sp³-hybridized carbons (Fsp3) is 0.538. The van der Waals surface area contributed by atoms with Crippen LogP contribution < -0.4 is 10.9 Å². The minimum Gasteiger partial charge on any atom is -0.370 e. The number of hydrogen-bond acceptors (Lipinski definition) is 5. The summed E-state index contributed by atoms with van der Waals surface area (Å²) in [5, 5.41) is 15.4. The van der Waals surface area contributed by atoms with Crippen molar-refractivity contribution in [3.8, 4) is 0 Å². The largest absolute Gasteiger partial charge is 0.370 e.